The topological polar surface area (TPSA) is 20.2 Å². The van der Waals surface area contributed by atoms with Crippen LogP contribution in [0.5, 0.6) is 0 Å². The van der Waals surface area contributed by atoms with Gasteiger partial charge in [0.25, 0.3) is 0 Å². The molecule has 1 aromatic rings. The van der Waals surface area contributed by atoms with E-state index in [0.717, 1.165) is 6.42 Å². The molecular formula is C14H20O. The summed E-state index contributed by atoms with van der Waals surface area (Å²) in [5, 5.41) is 9.15. The minimum Gasteiger partial charge on any atom is -0.396 e. The molecule has 82 valence electrons. The molecule has 1 N–H and O–H groups in total. The van der Waals surface area contributed by atoms with Crippen molar-refractivity contribution in [1.82, 2.24) is 0 Å². The van der Waals surface area contributed by atoms with E-state index in [0.29, 0.717) is 0 Å². The third kappa shape index (κ3) is 3.88. The maximum atomic E-state index is 9.15. The third-order valence-electron chi connectivity index (χ3n) is 2.62. The Morgan fingerprint density at radius 3 is 2.40 bits per heavy atom. The third-order valence-corrected chi connectivity index (χ3v) is 2.62. The summed E-state index contributed by atoms with van der Waals surface area (Å²) in [6.45, 7) is 6.48. The van der Waals surface area contributed by atoms with E-state index in [-0.39, 0.29) is 12.0 Å². The Morgan fingerprint density at radius 2 is 1.87 bits per heavy atom. The summed E-state index contributed by atoms with van der Waals surface area (Å²) in [5.74, 6) is 0. The molecule has 0 unspecified atom stereocenters. The van der Waals surface area contributed by atoms with Crippen molar-refractivity contribution in [2.24, 2.45) is 5.41 Å². The fourth-order valence-electron chi connectivity index (χ4n) is 1.31. The maximum absolute atomic E-state index is 9.15. The summed E-state index contributed by atoms with van der Waals surface area (Å²) in [6.07, 6.45) is 3.11. The van der Waals surface area contributed by atoms with Crippen LogP contribution in [0.3, 0.4) is 0 Å². The summed E-state index contributed by atoms with van der Waals surface area (Å²) in [4.78, 5) is 0. The average Bonchev–Trinajstić information content (AvgIpc) is 2.27. The zero-order chi connectivity index (χ0) is 11.3. The molecule has 0 aliphatic carbocycles. The van der Waals surface area contributed by atoms with Gasteiger partial charge >= 0.3 is 0 Å². The van der Waals surface area contributed by atoms with Crippen LogP contribution in [0.4, 0.5) is 0 Å². The molecule has 1 aromatic carbocycles. The van der Waals surface area contributed by atoms with Crippen LogP contribution in [0, 0.1) is 5.41 Å². The quantitative estimate of drug-likeness (QED) is 0.796. The van der Waals surface area contributed by atoms with Gasteiger partial charge in [0, 0.05) is 6.61 Å². The lowest BCUT2D eigenvalue weighted by Gasteiger charge is -2.19. The SMILES string of the molecule is C/C(=C\CC(C)(C)CO)c1ccccc1. The van der Waals surface area contributed by atoms with Crippen LogP contribution in [-0.2, 0) is 0 Å². The zero-order valence-electron chi connectivity index (χ0n) is 9.83. The molecular weight excluding hydrogens is 184 g/mol. The fraction of sp³-hybridized carbons (Fsp3) is 0.429. The first-order valence-corrected chi connectivity index (χ1v) is 5.38. The Hall–Kier alpha value is -1.08. The first-order valence-electron chi connectivity index (χ1n) is 5.38. The van der Waals surface area contributed by atoms with Gasteiger partial charge in [-0.2, -0.15) is 0 Å². The van der Waals surface area contributed by atoms with Gasteiger partial charge in [0.05, 0.1) is 0 Å². The summed E-state index contributed by atoms with van der Waals surface area (Å²) < 4.78 is 0. The Bertz CT molecular complexity index is 322. The van der Waals surface area contributed by atoms with Crippen molar-refractivity contribution in [3.63, 3.8) is 0 Å². The highest BCUT2D eigenvalue weighted by atomic mass is 16.3. The standard InChI is InChI=1S/C14H20O/c1-12(9-10-14(2,3)11-15)13-7-5-4-6-8-13/h4-9,15H,10-11H2,1-3H3/b12-9+. The molecule has 0 spiro atoms. The predicted octanol–water partition coefficient (Wildman–Crippen LogP) is 3.50. The lowest BCUT2D eigenvalue weighted by atomic mass is 9.89. The molecule has 0 aliphatic rings. The molecule has 0 radical (unpaired) electrons. The lowest BCUT2D eigenvalue weighted by molar-refractivity contribution is 0.162. The first kappa shape index (κ1) is 12.0. The van der Waals surface area contributed by atoms with Crippen LogP contribution in [0.15, 0.2) is 36.4 Å². The van der Waals surface area contributed by atoms with E-state index < -0.39 is 0 Å². The van der Waals surface area contributed by atoms with Gasteiger partial charge in [0.1, 0.15) is 0 Å². The van der Waals surface area contributed by atoms with Gasteiger partial charge in [-0.05, 0) is 29.9 Å². The second-order valence-corrected chi connectivity index (χ2v) is 4.78. The van der Waals surface area contributed by atoms with Gasteiger partial charge in [0.2, 0.25) is 0 Å². The largest absolute Gasteiger partial charge is 0.396 e. The van der Waals surface area contributed by atoms with E-state index in [4.69, 9.17) is 5.11 Å². The van der Waals surface area contributed by atoms with E-state index in [1.807, 2.05) is 18.2 Å². The number of allylic oxidation sites excluding steroid dienone is 2. The smallest absolute Gasteiger partial charge is 0.0485 e. The van der Waals surface area contributed by atoms with Gasteiger partial charge in [0.15, 0.2) is 0 Å². The molecule has 0 atom stereocenters. The van der Waals surface area contributed by atoms with E-state index >= 15 is 0 Å². The molecule has 1 heteroatoms. The molecule has 0 fully saturated rings. The molecule has 0 amide bonds. The van der Waals surface area contributed by atoms with E-state index in [1.54, 1.807) is 0 Å². The summed E-state index contributed by atoms with van der Waals surface area (Å²) in [7, 11) is 0. The van der Waals surface area contributed by atoms with Crippen molar-refractivity contribution >= 4 is 5.57 Å². The Morgan fingerprint density at radius 1 is 1.27 bits per heavy atom. The van der Waals surface area contributed by atoms with Crippen molar-refractivity contribution in [1.29, 1.82) is 0 Å². The average molecular weight is 204 g/mol. The molecule has 1 rings (SSSR count). The van der Waals surface area contributed by atoms with Crippen LogP contribution in [-0.4, -0.2) is 11.7 Å². The van der Waals surface area contributed by atoms with Crippen LogP contribution >= 0.6 is 0 Å². The van der Waals surface area contributed by atoms with Crippen LogP contribution in [0.2, 0.25) is 0 Å². The van der Waals surface area contributed by atoms with Gasteiger partial charge < -0.3 is 5.11 Å². The number of hydrogen-bond donors (Lipinski definition) is 1. The zero-order valence-corrected chi connectivity index (χ0v) is 9.83. The molecule has 15 heavy (non-hydrogen) atoms. The summed E-state index contributed by atoms with van der Waals surface area (Å²) >= 11 is 0. The van der Waals surface area contributed by atoms with Gasteiger partial charge in [-0.1, -0.05) is 50.3 Å². The number of aliphatic hydroxyl groups is 1. The fourth-order valence-corrected chi connectivity index (χ4v) is 1.31. The van der Waals surface area contributed by atoms with Gasteiger partial charge in [-0.3, -0.25) is 0 Å². The van der Waals surface area contributed by atoms with Crippen molar-refractivity contribution in [3.05, 3.63) is 42.0 Å². The van der Waals surface area contributed by atoms with Crippen molar-refractivity contribution in [2.45, 2.75) is 27.2 Å². The number of aliphatic hydroxyl groups excluding tert-OH is 1. The van der Waals surface area contributed by atoms with Crippen LogP contribution in [0.1, 0.15) is 32.8 Å². The summed E-state index contributed by atoms with van der Waals surface area (Å²) in [5.41, 5.74) is 2.51. The van der Waals surface area contributed by atoms with Crippen LogP contribution in [0.25, 0.3) is 5.57 Å². The van der Waals surface area contributed by atoms with E-state index in [2.05, 4.69) is 39.0 Å². The molecule has 0 bridgehead atoms. The molecule has 0 aromatic heterocycles. The maximum Gasteiger partial charge on any atom is 0.0485 e. The number of hydrogen-bond acceptors (Lipinski definition) is 1. The van der Waals surface area contributed by atoms with Crippen molar-refractivity contribution < 1.29 is 5.11 Å². The minimum atomic E-state index is -0.0178. The molecule has 0 aliphatic heterocycles. The normalized spacial score (nSPS) is 12.9. The molecule has 0 saturated heterocycles. The second kappa shape index (κ2) is 5.13. The Kier molecular flexibility index (Phi) is 4.10. The monoisotopic (exact) mass is 204 g/mol. The molecule has 1 nitrogen and oxygen atoms in total. The predicted molar refractivity (Wildman–Crippen MR) is 65.6 cm³/mol. The minimum absolute atomic E-state index is 0.0178. The van der Waals surface area contributed by atoms with Gasteiger partial charge in [-0.15, -0.1) is 0 Å². The second-order valence-electron chi connectivity index (χ2n) is 4.78. The Balaban J connectivity index is 2.69. The van der Waals surface area contributed by atoms with Crippen LogP contribution < -0.4 is 0 Å². The van der Waals surface area contributed by atoms with Crippen molar-refractivity contribution in [3.8, 4) is 0 Å². The summed E-state index contributed by atoms with van der Waals surface area (Å²) in [6, 6.07) is 10.3. The number of benzene rings is 1. The highest BCUT2D eigenvalue weighted by Crippen LogP contribution is 2.23. The van der Waals surface area contributed by atoms with E-state index in [9.17, 15) is 0 Å². The Labute approximate surface area is 92.5 Å². The van der Waals surface area contributed by atoms with Gasteiger partial charge in [-0.25, -0.2) is 0 Å². The molecule has 0 saturated carbocycles. The highest BCUT2D eigenvalue weighted by molar-refractivity contribution is 5.63. The highest BCUT2D eigenvalue weighted by Gasteiger charge is 2.14. The lowest BCUT2D eigenvalue weighted by Crippen LogP contribution is -2.15. The van der Waals surface area contributed by atoms with E-state index in [1.165, 1.54) is 11.1 Å². The van der Waals surface area contributed by atoms with Crippen molar-refractivity contribution in [2.75, 3.05) is 6.61 Å². The first-order chi connectivity index (χ1) is 7.05. The number of rotatable bonds is 4. The molecule has 0 heterocycles.